The van der Waals surface area contributed by atoms with Crippen LogP contribution in [-0.4, -0.2) is 37.3 Å². The number of nitrogens with one attached hydrogen (secondary N) is 2. The number of ether oxygens (including phenoxy) is 3. The zero-order valence-corrected chi connectivity index (χ0v) is 20.4. The summed E-state index contributed by atoms with van der Waals surface area (Å²) in [6.07, 6.45) is 0. The Kier molecular flexibility index (Phi) is 7.11. The number of hydrogen-bond donors (Lipinski definition) is 2. The molecule has 0 spiro atoms. The molecule has 8 nitrogen and oxygen atoms in total. The molecule has 1 aliphatic heterocycles. The number of fused-ring (bicyclic) bond motifs is 1. The Labute approximate surface area is 205 Å². The topological polar surface area (TPSA) is 103 Å². The number of aromatic amines is 1. The second-order valence-electron chi connectivity index (χ2n) is 7.72. The van der Waals surface area contributed by atoms with Gasteiger partial charge in [0.25, 0.3) is 5.56 Å². The Balaban J connectivity index is 1.80. The average Bonchev–Trinajstić information content (AvgIpc) is 2.86. The number of nitrogens with zero attached hydrogens (tertiary/aromatic N) is 1. The molecule has 0 aliphatic carbocycles. The van der Waals surface area contributed by atoms with E-state index in [4.69, 9.17) is 14.2 Å². The normalized spacial score (nSPS) is 14.7. The van der Waals surface area contributed by atoms with Gasteiger partial charge in [-0.05, 0) is 36.2 Å². The lowest BCUT2D eigenvalue weighted by Crippen LogP contribution is -2.31. The van der Waals surface area contributed by atoms with Crippen molar-refractivity contribution >= 4 is 23.5 Å². The first-order valence-corrected chi connectivity index (χ1v) is 11.6. The van der Waals surface area contributed by atoms with Crippen LogP contribution in [0.2, 0.25) is 0 Å². The van der Waals surface area contributed by atoms with E-state index in [0.717, 1.165) is 0 Å². The van der Waals surface area contributed by atoms with E-state index in [-0.39, 0.29) is 22.7 Å². The van der Waals surface area contributed by atoms with Gasteiger partial charge in [0.1, 0.15) is 11.6 Å². The molecule has 0 amide bonds. The highest BCUT2D eigenvalue weighted by molar-refractivity contribution is 7.98. The van der Waals surface area contributed by atoms with Crippen molar-refractivity contribution in [2.75, 3.05) is 26.6 Å². The second-order valence-corrected chi connectivity index (χ2v) is 8.68. The Morgan fingerprint density at radius 3 is 2.54 bits per heavy atom. The van der Waals surface area contributed by atoms with Crippen LogP contribution < -0.4 is 20.3 Å². The molecule has 0 saturated heterocycles. The van der Waals surface area contributed by atoms with E-state index in [1.807, 2.05) is 0 Å². The summed E-state index contributed by atoms with van der Waals surface area (Å²) in [7, 11) is 4.32. The molecule has 0 fully saturated rings. The van der Waals surface area contributed by atoms with Gasteiger partial charge in [0.05, 0.1) is 38.4 Å². The van der Waals surface area contributed by atoms with E-state index < -0.39 is 17.4 Å². The highest BCUT2D eigenvalue weighted by Crippen LogP contribution is 2.42. The molecule has 2 aromatic carbocycles. The molecular formula is C25H24FN3O5S. The monoisotopic (exact) mass is 497 g/mol. The van der Waals surface area contributed by atoms with Gasteiger partial charge in [-0.15, -0.1) is 0 Å². The van der Waals surface area contributed by atoms with E-state index >= 15 is 0 Å². The maximum atomic E-state index is 14.0. The molecule has 1 atom stereocenters. The maximum absolute atomic E-state index is 14.0. The number of hydrogen-bond acceptors (Lipinski definition) is 8. The van der Waals surface area contributed by atoms with Crippen LogP contribution in [0.15, 0.2) is 63.7 Å². The Morgan fingerprint density at radius 1 is 1.11 bits per heavy atom. The van der Waals surface area contributed by atoms with Gasteiger partial charge in [-0.25, -0.2) is 14.2 Å². The molecule has 1 aliphatic rings. The number of methoxy groups -OCH3 is 3. The zero-order chi connectivity index (χ0) is 25.1. The van der Waals surface area contributed by atoms with Gasteiger partial charge >= 0.3 is 5.97 Å². The van der Waals surface area contributed by atoms with Crippen molar-refractivity contribution in [2.45, 2.75) is 23.8 Å². The highest BCUT2D eigenvalue weighted by atomic mass is 32.2. The molecule has 1 aromatic heterocycles. The van der Waals surface area contributed by atoms with Crippen molar-refractivity contribution in [1.29, 1.82) is 0 Å². The SMILES string of the molecule is COC(=O)C1=C(C)Nc2nc(SCc3ccccc3F)[nH]c(=O)c2C1c1ccc(OC)c(OC)c1. The van der Waals surface area contributed by atoms with Gasteiger partial charge < -0.3 is 24.5 Å². The van der Waals surface area contributed by atoms with Crippen molar-refractivity contribution in [2.24, 2.45) is 0 Å². The molecule has 35 heavy (non-hydrogen) atoms. The average molecular weight is 498 g/mol. The molecule has 2 N–H and O–H groups in total. The molecule has 0 radical (unpaired) electrons. The summed E-state index contributed by atoms with van der Waals surface area (Å²) in [5.41, 5.74) is 1.76. The van der Waals surface area contributed by atoms with E-state index in [1.165, 1.54) is 39.2 Å². The van der Waals surface area contributed by atoms with E-state index in [0.29, 0.717) is 39.3 Å². The number of rotatable bonds is 7. The fourth-order valence-corrected chi connectivity index (χ4v) is 4.85. The van der Waals surface area contributed by atoms with Crippen molar-refractivity contribution < 1.29 is 23.4 Å². The van der Waals surface area contributed by atoms with Crippen molar-refractivity contribution in [3.8, 4) is 11.5 Å². The lowest BCUT2D eigenvalue weighted by molar-refractivity contribution is -0.136. The second kappa shape index (κ2) is 10.2. The van der Waals surface area contributed by atoms with E-state index in [9.17, 15) is 14.0 Å². The Hall–Kier alpha value is -3.79. The van der Waals surface area contributed by atoms with Gasteiger partial charge in [-0.2, -0.15) is 0 Å². The largest absolute Gasteiger partial charge is 0.493 e. The van der Waals surface area contributed by atoms with Crippen LogP contribution in [0.3, 0.4) is 0 Å². The molecule has 4 rings (SSSR count). The molecular weight excluding hydrogens is 473 g/mol. The zero-order valence-electron chi connectivity index (χ0n) is 19.6. The first kappa shape index (κ1) is 24.3. The predicted molar refractivity (Wildman–Crippen MR) is 131 cm³/mol. The Bertz CT molecular complexity index is 1370. The molecule has 10 heteroatoms. The number of carbonyl (C=O) groups is 1. The van der Waals surface area contributed by atoms with Crippen LogP contribution >= 0.6 is 11.8 Å². The number of halogens is 1. The third-order valence-electron chi connectivity index (χ3n) is 5.69. The molecule has 182 valence electrons. The fourth-order valence-electron chi connectivity index (χ4n) is 4.01. The highest BCUT2D eigenvalue weighted by Gasteiger charge is 2.36. The minimum absolute atomic E-state index is 0.262. The third kappa shape index (κ3) is 4.74. The summed E-state index contributed by atoms with van der Waals surface area (Å²) >= 11 is 1.20. The quantitative estimate of drug-likeness (QED) is 0.284. The minimum atomic E-state index is -0.764. The van der Waals surface area contributed by atoms with Crippen LogP contribution in [-0.2, 0) is 15.3 Å². The van der Waals surface area contributed by atoms with Gasteiger partial charge in [0.15, 0.2) is 16.7 Å². The first-order chi connectivity index (χ1) is 16.9. The van der Waals surface area contributed by atoms with Crippen LogP contribution in [0.4, 0.5) is 10.2 Å². The number of anilines is 1. The number of H-pyrrole nitrogens is 1. The van der Waals surface area contributed by atoms with Gasteiger partial charge in [0, 0.05) is 11.4 Å². The van der Waals surface area contributed by atoms with Crippen molar-refractivity contribution in [1.82, 2.24) is 9.97 Å². The summed E-state index contributed by atoms with van der Waals surface area (Å²) in [6.45, 7) is 1.72. The van der Waals surface area contributed by atoms with E-state index in [1.54, 1.807) is 43.3 Å². The summed E-state index contributed by atoms with van der Waals surface area (Å²) in [5, 5.41) is 3.40. The standard InChI is InChI=1S/C25H24FN3O5S/c1-13-19(24(31)34-4)20(14-9-10-17(32-2)18(11-14)33-3)21-22(27-13)28-25(29-23(21)30)35-12-15-7-5-6-8-16(15)26/h5-11,20H,12H2,1-4H3,(H2,27,28,29,30). The molecule has 0 saturated carbocycles. The maximum Gasteiger partial charge on any atom is 0.336 e. The Morgan fingerprint density at radius 2 is 1.86 bits per heavy atom. The van der Waals surface area contributed by atoms with Crippen LogP contribution in [0.25, 0.3) is 0 Å². The molecule has 3 aromatic rings. The van der Waals surface area contributed by atoms with Crippen molar-refractivity contribution in [3.05, 3.63) is 86.6 Å². The summed E-state index contributed by atoms with van der Waals surface area (Å²) in [5.74, 6) is -0.0946. The molecule has 1 unspecified atom stereocenters. The van der Waals surface area contributed by atoms with Gasteiger partial charge in [0.2, 0.25) is 0 Å². The van der Waals surface area contributed by atoms with E-state index in [2.05, 4.69) is 15.3 Å². The number of carbonyl (C=O) groups excluding carboxylic acids is 1. The van der Waals surface area contributed by atoms with Crippen LogP contribution in [0, 0.1) is 5.82 Å². The number of allylic oxidation sites excluding steroid dienone is 1. The van der Waals surface area contributed by atoms with Crippen LogP contribution in [0.1, 0.15) is 29.5 Å². The van der Waals surface area contributed by atoms with Crippen LogP contribution in [0.5, 0.6) is 11.5 Å². The van der Waals surface area contributed by atoms with Gasteiger partial charge in [-0.3, -0.25) is 4.79 Å². The first-order valence-electron chi connectivity index (χ1n) is 10.7. The predicted octanol–water partition coefficient (Wildman–Crippen LogP) is 4.22. The van der Waals surface area contributed by atoms with Gasteiger partial charge in [-0.1, -0.05) is 36.0 Å². The van der Waals surface area contributed by atoms with Crippen molar-refractivity contribution in [3.63, 3.8) is 0 Å². The minimum Gasteiger partial charge on any atom is -0.493 e. The lowest BCUT2D eigenvalue weighted by atomic mass is 9.82. The lowest BCUT2D eigenvalue weighted by Gasteiger charge is -2.29. The fraction of sp³-hybridized carbons (Fsp3) is 0.240. The third-order valence-corrected chi connectivity index (χ3v) is 6.61. The number of benzene rings is 2. The summed E-state index contributed by atoms with van der Waals surface area (Å²) in [4.78, 5) is 33.4. The summed E-state index contributed by atoms with van der Waals surface area (Å²) in [6, 6.07) is 11.6. The number of esters is 1. The molecule has 0 bridgehead atoms. The molecule has 2 heterocycles. The number of aromatic nitrogens is 2. The number of thioether (sulfide) groups is 1. The smallest absolute Gasteiger partial charge is 0.336 e. The summed E-state index contributed by atoms with van der Waals surface area (Å²) < 4.78 is 29.8.